The molecule has 98 valence electrons. The number of nitriles is 1. The number of nitrogens with zero attached hydrogens (tertiary/aromatic N) is 2. The maximum Gasteiger partial charge on any atom is 0.240 e. The second kappa shape index (κ2) is 5.31. The molecule has 1 aliphatic carbocycles. The van der Waals surface area contributed by atoms with Crippen LogP contribution in [-0.2, 0) is 9.59 Å². The minimum absolute atomic E-state index is 0.187. The summed E-state index contributed by atoms with van der Waals surface area (Å²) in [6, 6.07) is 2.27. The van der Waals surface area contributed by atoms with E-state index in [1.165, 1.54) is 16.7 Å². The zero-order chi connectivity index (χ0) is 13.2. The third-order valence-corrected chi connectivity index (χ3v) is 5.00. The lowest BCUT2D eigenvalue weighted by Crippen LogP contribution is -2.58. The maximum atomic E-state index is 12.0. The van der Waals surface area contributed by atoms with Crippen molar-refractivity contribution in [3.63, 3.8) is 0 Å². The quantitative estimate of drug-likeness (QED) is 0.717. The molecule has 0 aromatic carbocycles. The van der Waals surface area contributed by atoms with E-state index in [0.29, 0.717) is 30.3 Å². The summed E-state index contributed by atoms with van der Waals surface area (Å²) < 4.78 is 0. The molecule has 0 radical (unpaired) electrons. The molecule has 1 aliphatic heterocycles. The Hall–Kier alpha value is -1.02. The van der Waals surface area contributed by atoms with Gasteiger partial charge in [0.2, 0.25) is 11.8 Å². The Bertz CT molecular complexity index is 378. The first-order chi connectivity index (χ1) is 8.63. The van der Waals surface area contributed by atoms with E-state index in [-0.39, 0.29) is 11.8 Å². The van der Waals surface area contributed by atoms with Crippen molar-refractivity contribution in [1.29, 1.82) is 5.26 Å². The van der Waals surface area contributed by atoms with Gasteiger partial charge in [0.25, 0.3) is 0 Å². The van der Waals surface area contributed by atoms with Gasteiger partial charge < -0.3 is 0 Å². The van der Waals surface area contributed by atoms with E-state index in [0.717, 1.165) is 19.3 Å². The van der Waals surface area contributed by atoms with Gasteiger partial charge in [0.05, 0.1) is 17.6 Å². The monoisotopic (exact) mass is 266 g/mol. The van der Waals surface area contributed by atoms with Crippen LogP contribution in [0.15, 0.2) is 0 Å². The van der Waals surface area contributed by atoms with Crippen LogP contribution in [0.25, 0.3) is 0 Å². The molecule has 2 amide bonds. The number of hydrogen-bond acceptors (Lipinski definition) is 4. The fourth-order valence-electron chi connectivity index (χ4n) is 2.92. The summed E-state index contributed by atoms with van der Waals surface area (Å²) in [4.78, 5) is 25.2. The highest BCUT2D eigenvalue weighted by Gasteiger charge is 2.47. The van der Waals surface area contributed by atoms with Crippen molar-refractivity contribution in [2.45, 2.75) is 44.6 Å². The van der Waals surface area contributed by atoms with Crippen LogP contribution in [0.1, 0.15) is 39.0 Å². The van der Waals surface area contributed by atoms with Gasteiger partial charge in [-0.25, -0.2) is 0 Å². The van der Waals surface area contributed by atoms with E-state index < -0.39 is 5.54 Å². The molecule has 0 bridgehead atoms. The molecular formula is C13H18N2O2S. The molecule has 2 rings (SSSR count). The predicted molar refractivity (Wildman–Crippen MR) is 69.8 cm³/mol. The third kappa shape index (κ3) is 2.26. The number of carbonyl (C=O) groups is 2. The van der Waals surface area contributed by atoms with Gasteiger partial charge in [0, 0.05) is 0 Å². The van der Waals surface area contributed by atoms with Gasteiger partial charge in [-0.05, 0) is 31.6 Å². The summed E-state index contributed by atoms with van der Waals surface area (Å²) in [7, 11) is 0. The Morgan fingerprint density at radius 2 is 1.89 bits per heavy atom. The topological polar surface area (TPSA) is 61.2 Å². The summed E-state index contributed by atoms with van der Waals surface area (Å²) in [6.07, 6.45) is 4.27. The standard InChI is InChI=1S/C13H18N2O2S/c1-2-10-3-5-13(9-14,6-4-10)15-11(16)7-18-8-12(15)17/h10H,2-8H2,1H3. The number of hydrogen-bond donors (Lipinski definition) is 0. The van der Waals surface area contributed by atoms with Crippen LogP contribution < -0.4 is 0 Å². The number of rotatable bonds is 2. The fraction of sp³-hybridized carbons (Fsp3) is 0.769. The Morgan fingerprint density at radius 1 is 1.33 bits per heavy atom. The zero-order valence-corrected chi connectivity index (χ0v) is 11.5. The molecule has 4 nitrogen and oxygen atoms in total. The van der Waals surface area contributed by atoms with Crippen molar-refractivity contribution in [3.8, 4) is 6.07 Å². The van der Waals surface area contributed by atoms with Crippen molar-refractivity contribution < 1.29 is 9.59 Å². The third-order valence-electron chi connectivity index (χ3n) is 4.10. The van der Waals surface area contributed by atoms with Crippen LogP contribution in [0.2, 0.25) is 0 Å². The SMILES string of the molecule is CCC1CCC(C#N)(N2C(=O)CSCC2=O)CC1. The molecule has 5 heteroatoms. The van der Waals surface area contributed by atoms with Crippen LogP contribution >= 0.6 is 11.8 Å². The van der Waals surface area contributed by atoms with Gasteiger partial charge >= 0.3 is 0 Å². The first-order valence-electron chi connectivity index (χ1n) is 6.48. The minimum atomic E-state index is -0.860. The van der Waals surface area contributed by atoms with Crippen LogP contribution in [-0.4, -0.2) is 33.8 Å². The summed E-state index contributed by atoms with van der Waals surface area (Å²) in [5, 5.41) is 9.49. The molecule has 18 heavy (non-hydrogen) atoms. The molecule has 0 N–H and O–H groups in total. The normalized spacial score (nSPS) is 33.3. The van der Waals surface area contributed by atoms with Crippen LogP contribution in [0.4, 0.5) is 0 Å². The lowest BCUT2D eigenvalue weighted by Gasteiger charge is -2.43. The van der Waals surface area contributed by atoms with Crippen LogP contribution in [0.3, 0.4) is 0 Å². The highest BCUT2D eigenvalue weighted by atomic mass is 32.2. The van der Waals surface area contributed by atoms with Crippen molar-refractivity contribution in [1.82, 2.24) is 4.90 Å². The molecule has 1 heterocycles. The van der Waals surface area contributed by atoms with E-state index in [4.69, 9.17) is 0 Å². The lowest BCUT2D eigenvalue weighted by atomic mass is 9.75. The molecule has 2 aliphatic rings. The van der Waals surface area contributed by atoms with Crippen molar-refractivity contribution >= 4 is 23.6 Å². The molecule has 1 saturated carbocycles. The lowest BCUT2D eigenvalue weighted by molar-refractivity contribution is -0.149. The molecule has 1 saturated heterocycles. The van der Waals surface area contributed by atoms with Gasteiger partial charge in [-0.1, -0.05) is 13.3 Å². The molecule has 2 fully saturated rings. The van der Waals surface area contributed by atoms with Crippen molar-refractivity contribution in [2.75, 3.05) is 11.5 Å². The smallest absolute Gasteiger partial charge is 0.240 e. The molecule has 0 unspecified atom stereocenters. The van der Waals surface area contributed by atoms with E-state index in [1.54, 1.807) is 0 Å². The van der Waals surface area contributed by atoms with Gasteiger partial charge in [-0.3, -0.25) is 14.5 Å². The molecule has 0 spiro atoms. The number of amides is 2. The van der Waals surface area contributed by atoms with Gasteiger partial charge in [0.1, 0.15) is 5.54 Å². The number of thioether (sulfide) groups is 1. The average Bonchev–Trinajstić information content (AvgIpc) is 2.39. The predicted octanol–water partition coefficient (Wildman–Crippen LogP) is 1.95. The number of imide groups is 1. The summed E-state index contributed by atoms with van der Waals surface area (Å²) in [6.45, 7) is 2.15. The first-order valence-corrected chi connectivity index (χ1v) is 7.63. The van der Waals surface area contributed by atoms with Gasteiger partial charge in [-0.15, -0.1) is 11.8 Å². The largest absolute Gasteiger partial charge is 0.273 e. The summed E-state index contributed by atoms with van der Waals surface area (Å²) in [5.41, 5.74) is -0.860. The van der Waals surface area contributed by atoms with E-state index >= 15 is 0 Å². The molecular weight excluding hydrogens is 248 g/mol. The zero-order valence-electron chi connectivity index (χ0n) is 10.6. The van der Waals surface area contributed by atoms with E-state index in [9.17, 15) is 14.9 Å². The van der Waals surface area contributed by atoms with Crippen molar-refractivity contribution in [2.24, 2.45) is 5.92 Å². The number of carbonyl (C=O) groups excluding carboxylic acids is 2. The molecule has 0 aromatic heterocycles. The Labute approximate surface area is 112 Å². The second-order valence-electron chi connectivity index (χ2n) is 5.11. The van der Waals surface area contributed by atoms with Crippen LogP contribution in [0, 0.1) is 17.2 Å². The highest BCUT2D eigenvalue weighted by Crippen LogP contribution is 2.39. The maximum absolute atomic E-state index is 12.0. The Balaban J connectivity index is 2.20. The Morgan fingerprint density at radius 3 is 2.33 bits per heavy atom. The van der Waals surface area contributed by atoms with E-state index in [2.05, 4.69) is 13.0 Å². The minimum Gasteiger partial charge on any atom is -0.273 e. The fourth-order valence-corrected chi connectivity index (χ4v) is 3.63. The highest BCUT2D eigenvalue weighted by molar-refractivity contribution is 8.00. The summed E-state index contributed by atoms with van der Waals surface area (Å²) in [5.74, 6) is 0.912. The van der Waals surface area contributed by atoms with Crippen molar-refractivity contribution in [3.05, 3.63) is 0 Å². The average molecular weight is 266 g/mol. The molecule has 0 atom stereocenters. The summed E-state index contributed by atoms with van der Waals surface area (Å²) >= 11 is 1.34. The second-order valence-corrected chi connectivity index (χ2v) is 6.10. The van der Waals surface area contributed by atoms with Crippen LogP contribution in [0.5, 0.6) is 0 Å². The first kappa shape index (κ1) is 13.4. The van der Waals surface area contributed by atoms with Gasteiger partial charge in [0.15, 0.2) is 0 Å². The Kier molecular flexibility index (Phi) is 3.96. The van der Waals surface area contributed by atoms with E-state index in [1.807, 2.05) is 0 Å². The molecule has 0 aromatic rings. The van der Waals surface area contributed by atoms with Gasteiger partial charge in [-0.2, -0.15) is 5.26 Å².